The van der Waals surface area contributed by atoms with E-state index in [4.69, 9.17) is 9.47 Å². The van der Waals surface area contributed by atoms with Crippen molar-refractivity contribution in [1.29, 1.82) is 0 Å². The van der Waals surface area contributed by atoms with Crippen LogP contribution in [0.25, 0.3) is 0 Å². The van der Waals surface area contributed by atoms with Crippen molar-refractivity contribution in [1.82, 2.24) is 9.78 Å². The maximum atomic E-state index is 11.8. The second-order valence-electron chi connectivity index (χ2n) is 4.31. The van der Waals surface area contributed by atoms with E-state index in [-0.39, 0.29) is 12.5 Å². The van der Waals surface area contributed by atoms with Crippen molar-refractivity contribution in [3.05, 3.63) is 36.0 Å². The summed E-state index contributed by atoms with van der Waals surface area (Å²) in [5.74, 6) is 1.77. The number of hydrogen-bond donors (Lipinski definition) is 1. The van der Waals surface area contributed by atoms with Crippen LogP contribution in [0.4, 0.5) is 5.82 Å². The predicted molar refractivity (Wildman–Crippen MR) is 75.1 cm³/mol. The van der Waals surface area contributed by atoms with Gasteiger partial charge in [-0.05, 0) is 31.2 Å². The van der Waals surface area contributed by atoms with Crippen LogP contribution >= 0.6 is 0 Å². The molecule has 1 N–H and O–H groups in total. The van der Waals surface area contributed by atoms with Crippen LogP contribution in [-0.2, 0) is 11.8 Å². The number of nitrogens with zero attached hydrogens (tertiary/aromatic N) is 2. The molecule has 2 rings (SSSR count). The zero-order valence-electron chi connectivity index (χ0n) is 11.7. The van der Waals surface area contributed by atoms with Crippen molar-refractivity contribution in [2.75, 3.05) is 19.0 Å². The van der Waals surface area contributed by atoms with Gasteiger partial charge in [0.25, 0.3) is 5.91 Å². The number of anilines is 1. The molecule has 1 aromatic carbocycles. The van der Waals surface area contributed by atoms with Crippen LogP contribution in [0, 0.1) is 6.92 Å². The topological polar surface area (TPSA) is 65.4 Å². The molecule has 0 aliphatic rings. The number of hydrogen-bond acceptors (Lipinski definition) is 4. The Morgan fingerprint density at radius 1 is 1.30 bits per heavy atom. The summed E-state index contributed by atoms with van der Waals surface area (Å²) in [7, 11) is 3.37. The van der Waals surface area contributed by atoms with Crippen molar-refractivity contribution in [3.63, 3.8) is 0 Å². The fourth-order valence-corrected chi connectivity index (χ4v) is 1.73. The van der Waals surface area contributed by atoms with Gasteiger partial charge in [0.15, 0.2) is 6.61 Å². The summed E-state index contributed by atoms with van der Waals surface area (Å²) in [5.41, 5.74) is 0.846. The highest BCUT2D eigenvalue weighted by Crippen LogP contribution is 2.17. The zero-order valence-corrected chi connectivity index (χ0v) is 11.7. The number of benzene rings is 1. The molecular formula is C14H17N3O3. The van der Waals surface area contributed by atoms with Crippen LogP contribution in [0.3, 0.4) is 0 Å². The number of aryl methyl sites for hydroxylation is 2. The minimum atomic E-state index is -0.233. The van der Waals surface area contributed by atoms with E-state index in [0.29, 0.717) is 11.6 Å². The predicted octanol–water partition coefficient (Wildman–Crippen LogP) is 1.75. The minimum absolute atomic E-state index is 0.0590. The number of rotatable bonds is 5. The second kappa shape index (κ2) is 6.10. The van der Waals surface area contributed by atoms with Crippen LogP contribution in [0.2, 0.25) is 0 Å². The molecule has 0 spiro atoms. The van der Waals surface area contributed by atoms with Crippen LogP contribution in [0.5, 0.6) is 11.5 Å². The number of nitrogens with one attached hydrogen (secondary N) is 1. The fraction of sp³-hybridized carbons (Fsp3) is 0.286. The Balaban J connectivity index is 1.87. The number of amides is 1. The van der Waals surface area contributed by atoms with Crippen molar-refractivity contribution in [2.45, 2.75) is 6.92 Å². The molecule has 106 valence electrons. The van der Waals surface area contributed by atoms with E-state index >= 15 is 0 Å². The highest BCUT2D eigenvalue weighted by atomic mass is 16.5. The molecule has 0 fully saturated rings. The summed E-state index contributed by atoms with van der Waals surface area (Å²) in [6, 6.07) is 8.85. The molecule has 20 heavy (non-hydrogen) atoms. The average molecular weight is 275 g/mol. The molecule has 2 aromatic rings. The summed E-state index contributed by atoms with van der Waals surface area (Å²) in [6.45, 7) is 1.81. The largest absolute Gasteiger partial charge is 0.497 e. The van der Waals surface area contributed by atoms with E-state index in [2.05, 4.69) is 10.4 Å². The maximum Gasteiger partial charge on any atom is 0.263 e. The molecule has 0 atom stereocenters. The molecule has 1 aromatic heterocycles. The van der Waals surface area contributed by atoms with Crippen LogP contribution in [0.1, 0.15) is 5.69 Å². The summed E-state index contributed by atoms with van der Waals surface area (Å²) in [5, 5.41) is 6.88. The van der Waals surface area contributed by atoms with Crippen molar-refractivity contribution >= 4 is 11.7 Å². The molecule has 6 heteroatoms. The van der Waals surface area contributed by atoms with Crippen molar-refractivity contribution in [3.8, 4) is 11.5 Å². The molecule has 0 radical (unpaired) electrons. The first-order chi connectivity index (χ1) is 9.58. The van der Waals surface area contributed by atoms with Crippen LogP contribution < -0.4 is 14.8 Å². The molecule has 0 saturated carbocycles. The van der Waals surface area contributed by atoms with Gasteiger partial charge in [0, 0.05) is 13.1 Å². The lowest BCUT2D eigenvalue weighted by Crippen LogP contribution is -2.21. The Bertz CT molecular complexity index is 590. The Labute approximate surface area is 117 Å². The SMILES string of the molecule is COc1ccc(OCC(=O)Nc2cc(C)nn2C)cc1. The first-order valence-electron chi connectivity index (χ1n) is 6.16. The number of ether oxygens (including phenoxy) is 2. The number of carbonyl (C=O) groups excluding carboxylic acids is 1. The lowest BCUT2D eigenvalue weighted by molar-refractivity contribution is -0.118. The van der Waals surface area contributed by atoms with E-state index in [0.717, 1.165) is 11.4 Å². The summed E-state index contributed by atoms with van der Waals surface area (Å²) in [4.78, 5) is 11.8. The molecule has 0 bridgehead atoms. The van der Waals surface area contributed by atoms with Gasteiger partial charge in [-0.15, -0.1) is 0 Å². The summed E-state index contributed by atoms with van der Waals surface area (Å²) < 4.78 is 12.0. The highest BCUT2D eigenvalue weighted by molar-refractivity contribution is 5.91. The third kappa shape index (κ3) is 3.50. The highest BCUT2D eigenvalue weighted by Gasteiger charge is 2.07. The van der Waals surface area contributed by atoms with Gasteiger partial charge in [-0.25, -0.2) is 0 Å². The maximum absolute atomic E-state index is 11.8. The van der Waals surface area contributed by atoms with E-state index in [9.17, 15) is 4.79 Å². The monoisotopic (exact) mass is 275 g/mol. The van der Waals surface area contributed by atoms with E-state index < -0.39 is 0 Å². The van der Waals surface area contributed by atoms with Crippen molar-refractivity contribution in [2.24, 2.45) is 7.05 Å². The Kier molecular flexibility index (Phi) is 4.24. The minimum Gasteiger partial charge on any atom is -0.497 e. The standard InChI is InChI=1S/C14H17N3O3/c1-10-8-13(17(2)16-10)15-14(18)9-20-12-6-4-11(19-3)5-7-12/h4-8H,9H2,1-3H3,(H,15,18). The lowest BCUT2D eigenvalue weighted by atomic mass is 10.3. The Hall–Kier alpha value is -2.50. The lowest BCUT2D eigenvalue weighted by Gasteiger charge is -2.08. The molecule has 1 heterocycles. The smallest absolute Gasteiger partial charge is 0.263 e. The van der Waals surface area contributed by atoms with Gasteiger partial charge >= 0.3 is 0 Å². The van der Waals surface area contributed by atoms with E-state index in [1.54, 1.807) is 49.2 Å². The van der Waals surface area contributed by atoms with Gasteiger partial charge in [-0.1, -0.05) is 0 Å². The fourth-order valence-electron chi connectivity index (χ4n) is 1.73. The Morgan fingerprint density at radius 2 is 1.95 bits per heavy atom. The molecule has 0 aliphatic carbocycles. The molecule has 0 unspecified atom stereocenters. The van der Waals surface area contributed by atoms with Crippen LogP contribution in [-0.4, -0.2) is 29.4 Å². The third-order valence-corrected chi connectivity index (χ3v) is 2.70. The third-order valence-electron chi connectivity index (χ3n) is 2.70. The van der Waals surface area contributed by atoms with Crippen molar-refractivity contribution < 1.29 is 14.3 Å². The first-order valence-corrected chi connectivity index (χ1v) is 6.16. The first kappa shape index (κ1) is 13.9. The summed E-state index contributed by atoms with van der Waals surface area (Å²) in [6.07, 6.45) is 0. The molecule has 1 amide bonds. The molecule has 6 nitrogen and oxygen atoms in total. The van der Waals surface area contributed by atoms with Crippen LogP contribution in [0.15, 0.2) is 30.3 Å². The molecule has 0 saturated heterocycles. The van der Waals surface area contributed by atoms with Gasteiger partial charge in [-0.2, -0.15) is 5.10 Å². The normalized spacial score (nSPS) is 10.2. The van der Waals surface area contributed by atoms with E-state index in [1.165, 1.54) is 0 Å². The van der Waals surface area contributed by atoms with Gasteiger partial charge in [-0.3, -0.25) is 9.48 Å². The van der Waals surface area contributed by atoms with Gasteiger partial charge in [0.1, 0.15) is 17.3 Å². The quantitative estimate of drug-likeness (QED) is 0.903. The average Bonchev–Trinajstić information content (AvgIpc) is 2.75. The number of methoxy groups -OCH3 is 1. The zero-order chi connectivity index (χ0) is 14.5. The molecule has 0 aliphatic heterocycles. The second-order valence-corrected chi connectivity index (χ2v) is 4.31. The van der Waals surface area contributed by atoms with Gasteiger partial charge < -0.3 is 14.8 Å². The Morgan fingerprint density at radius 3 is 2.50 bits per heavy atom. The molecular weight excluding hydrogens is 258 g/mol. The summed E-state index contributed by atoms with van der Waals surface area (Å²) >= 11 is 0. The van der Waals surface area contributed by atoms with E-state index in [1.807, 2.05) is 6.92 Å². The van der Waals surface area contributed by atoms with Gasteiger partial charge in [0.05, 0.1) is 12.8 Å². The van der Waals surface area contributed by atoms with Gasteiger partial charge in [0.2, 0.25) is 0 Å². The number of carbonyl (C=O) groups is 1. The number of aromatic nitrogens is 2.